The van der Waals surface area contributed by atoms with Gasteiger partial charge in [-0.3, -0.25) is 4.79 Å². The van der Waals surface area contributed by atoms with Gasteiger partial charge in [0.1, 0.15) is 0 Å². The highest BCUT2D eigenvalue weighted by atomic mass is 16.2. The number of carbonyl (C=O) groups excluding carboxylic acids is 2. The molecule has 3 rings (SSSR count). The Morgan fingerprint density at radius 1 is 1.33 bits per heavy atom. The second-order valence-electron chi connectivity index (χ2n) is 5.52. The lowest BCUT2D eigenvalue weighted by molar-refractivity contribution is -0.139. The van der Waals surface area contributed by atoms with Gasteiger partial charge in [-0.15, -0.1) is 0 Å². The molecule has 3 heterocycles. The minimum atomic E-state index is 0.0170. The number of urea groups is 1. The average Bonchev–Trinajstić information content (AvgIpc) is 2.67. The van der Waals surface area contributed by atoms with Crippen molar-refractivity contribution in [2.45, 2.75) is 13.0 Å². The van der Waals surface area contributed by atoms with E-state index in [-0.39, 0.29) is 23.9 Å². The van der Waals surface area contributed by atoms with Crippen LogP contribution in [0, 0.1) is 11.8 Å². The van der Waals surface area contributed by atoms with Gasteiger partial charge in [-0.25, -0.2) is 4.79 Å². The first kappa shape index (κ1) is 11.8. The molecule has 18 heavy (non-hydrogen) atoms. The number of nitrogens with one attached hydrogen (secondary N) is 2. The van der Waals surface area contributed by atoms with Crippen molar-refractivity contribution in [2.75, 3.05) is 39.3 Å². The second-order valence-corrected chi connectivity index (χ2v) is 5.52. The highest BCUT2D eigenvalue weighted by molar-refractivity contribution is 5.81. The van der Waals surface area contributed by atoms with E-state index in [9.17, 15) is 9.59 Å². The summed E-state index contributed by atoms with van der Waals surface area (Å²) in [5, 5.41) is 6.04. The Kier molecular flexibility index (Phi) is 2.89. The van der Waals surface area contributed by atoms with Gasteiger partial charge in [-0.05, 0) is 19.0 Å². The third-order valence-corrected chi connectivity index (χ3v) is 4.45. The number of carbonyl (C=O) groups is 2. The van der Waals surface area contributed by atoms with Gasteiger partial charge in [0.25, 0.3) is 0 Å². The zero-order valence-corrected chi connectivity index (χ0v) is 10.7. The topological polar surface area (TPSA) is 64.7 Å². The summed E-state index contributed by atoms with van der Waals surface area (Å²) in [5.41, 5.74) is 0. The summed E-state index contributed by atoms with van der Waals surface area (Å²) in [7, 11) is 0. The van der Waals surface area contributed by atoms with E-state index >= 15 is 0 Å². The van der Waals surface area contributed by atoms with Crippen molar-refractivity contribution in [3.05, 3.63) is 0 Å². The van der Waals surface area contributed by atoms with Gasteiger partial charge in [-0.2, -0.15) is 0 Å². The number of fused-ring (bicyclic) bond motifs is 1. The van der Waals surface area contributed by atoms with Crippen LogP contribution >= 0.6 is 0 Å². The predicted molar refractivity (Wildman–Crippen MR) is 66.0 cm³/mol. The molecule has 0 saturated carbocycles. The van der Waals surface area contributed by atoms with E-state index in [2.05, 4.69) is 10.6 Å². The predicted octanol–water partition coefficient (Wildman–Crippen LogP) is -0.922. The average molecular weight is 252 g/mol. The largest absolute Gasteiger partial charge is 0.339 e. The molecule has 3 aliphatic rings. The van der Waals surface area contributed by atoms with Crippen molar-refractivity contribution < 1.29 is 9.59 Å². The highest BCUT2D eigenvalue weighted by Crippen LogP contribution is 2.21. The Bertz CT molecular complexity index is 369. The number of rotatable bonds is 2. The molecule has 3 saturated heterocycles. The van der Waals surface area contributed by atoms with Crippen LogP contribution in [0.5, 0.6) is 0 Å². The summed E-state index contributed by atoms with van der Waals surface area (Å²) >= 11 is 0. The fourth-order valence-electron chi connectivity index (χ4n) is 2.96. The Morgan fingerprint density at radius 3 is 2.78 bits per heavy atom. The zero-order chi connectivity index (χ0) is 12.7. The van der Waals surface area contributed by atoms with E-state index in [1.807, 2.05) is 16.7 Å². The van der Waals surface area contributed by atoms with Gasteiger partial charge >= 0.3 is 6.03 Å². The van der Waals surface area contributed by atoms with Crippen molar-refractivity contribution in [1.29, 1.82) is 0 Å². The minimum absolute atomic E-state index is 0.0170. The van der Waals surface area contributed by atoms with Crippen LogP contribution < -0.4 is 10.6 Å². The van der Waals surface area contributed by atoms with Crippen molar-refractivity contribution in [2.24, 2.45) is 11.8 Å². The first-order valence-corrected chi connectivity index (χ1v) is 6.71. The molecule has 6 heteroatoms. The molecule has 0 aromatic rings. The first-order chi connectivity index (χ1) is 8.66. The van der Waals surface area contributed by atoms with Gasteiger partial charge in [0.15, 0.2) is 0 Å². The summed E-state index contributed by atoms with van der Waals surface area (Å²) in [6, 6.07) is 0.185. The molecule has 0 bridgehead atoms. The number of amides is 3. The summed E-state index contributed by atoms with van der Waals surface area (Å²) < 4.78 is 0. The Hall–Kier alpha value is -1.30. The van der Waals surface area contributed by atoms with Crippen molar-refractivity contribution in [3.8, 4) is 0 Å². The summed E-state index contributed by atoms with van der Waals surface area (Å²) in [5.74, 6) is 0.835. The number of piperazine rings is 1. The quantitative estimate of drug-likeness (QED) is 0.668. The van der Waals surface area contributed by atoms with Gasteiger partial charge in [-0.1, -0.05) is 6.92 Å². The molecule has 100 valence electrons. The second kappa shape index (κ2) is 4.42. The molecule has 0 radical (unpaired) electrons. The molecule has 6 nitrogen and oxygen atoms in total. The van der Waals surface area contributed by atoms with Gasteiger partial charge in [0, 0.05) is 32.1 Å². The lowest BCUT2D eigenvalue weighted by Crippen LogP contribution is -2.57. The van der Waals surface area contributed by atoms with Crippen LogP contribution in [-0.2, 0) is 4.79 Å². The van der Waals surface area contributed by atoms with E-state index in [4.69, 9.17) is 0 Å². The van der Waals surface area contributed by atoms with E-state index in [1.54, 1.807) is 0 Å². The van der Waals surface area contributed by atoms with Crippen LogP contribution in [-0.4, -0.2) is 67.0 Å². The van der Waals surface area contributed by atoms with Crippen LogP contribution in [0.15, 0.2) is 0 Å². The van der Waals surface area contributed by atoms with E-state index in [0.717, 1.165) is 13.1 Å². The SMILES string of the molecule is CC(C(=O)N1CCN2C(=O)NCC2C1)C1CNC1. The Labute approximate surface area is 107 Å². The first-order valence-electron chi connectivity index (χ1n) is 6.71. The molecule has 2 unspecified atom stereocenters. The minimum Gasteiger partial charge on any atom is -0.339 e. The molecular formula is C12H20N4O2. The molecule has 3 fully saturated rings. The maximum absolute atomic E-state index is 12.4. The lowest BCUT2D eigenvalue weighted by atomic mass is 9.87. The summed E-state index contributed by atoms with van der Waals surface area (Å²) in [6.45, 7) is 6.63. The molecular weight excluding hydrogens is 232 g/mol. The number of hydrogen-bond donors (Lipinski definition) is 2. The van der Waals surface area contributed by atoms with Gasteiger partial charge in [0.05, 0.1) is 6.04 Å². The van der Waals surface area contributed by atoms with Crippen LogP contribution in [0.4, 0.5) is 4.79 Å². The standard InChI is InChI=1S/C12H20N4O2/c1-8(9-4-13-5-9)11(17)15-2-3-16-10(7-15)6-14-12(16)18/h8-10,13H,2-7H2,1H3,(H,14,18). The zero-order valence-electron chi connectivity index (χ0n) is 10.7. The van der Waals surface area contributed by atoms with Crippen LogP contribution in [0.25, 0.3) is 0 Å². The molecule has 0 aromatic carbocycles. The lowest BCUT2D eigenvalue weighted by Gasteiger charge is -2.40. The van der Waals surface area contributed by atoms with Crippen LogP contribution in [0.2, 0.25) is 0 Å². The van der Waals surface area contributed by atoms with Crippen molar-refractivity contribution >= 4 is 11.9 Å². The molecule has 0 spiro atoms. The fourth-order valence-corrected chi connectivity index (χ4v) is 2.96. The van der Waals surface area contributed by atoms with Gasteiger partial charge < -0.3 is 20.4 Å². The normalized spacial score (nSPS) is 29.6. The third-order valence-electron chi connectivity index (χ3n) is 4.45. The molecule has 2 atom stereocenters. The monoisotopic (exact) mass is 252 g/mol. The van der Waals surface area contributed by atoms with Crippen molar-refractivity contribution in [3.63, 3.8) is 0 Å². The third kappa shape index (κ3) is 1.84. The van der Waals surface area contributed by atoms with Crippen LogP contribution in [0.3, 0.4) is 0 Å². The van der Waals surface area contributed by atoms with E-state index in [1.165, 1.54) is 0 Å². The summed E-state index contributed by atoms with van der Waals surface area (Å²) in [6.07, 6.45) is 0. The Balaban J connectivity index is 1.60. The van der Waals surface area contributed by atoms with E-state index < -0.39 is 0 Å². The van der Waals surface area contributed by atoms with Gasteiger partial charge in [0.2, 0.25) is 5.91 Å². The maximum Gasteiger partial charge on any atom is 0.317 e. The fraction of sp³-hybridized carbons (Fsp3) is 0.833. The molecule has 0 aromatic heterocycles. The van der Waals surface area contributed by atoms with Crippen molar-refractivity contribution in [1.82, 2.24) is 20.4 Å². The van der Waals surface area contributed by atoms with Crippen LogP contribution in [0.1, 0.15) is 6.92 Å². The number of nitrogens with zero attached hydrogens (tertiary/aromatic N) is 2. The van der Waals surface area contributed by atoms with E-state index in [0.29, 0.717) is 32.1 Å². The molecule has 2 N–H and O–H groups in total. The number of hydrogen-bond acceptors (Lipinski definition) is 3. The molecule has 3 amide bonds. The maximum atomic E-state index is 12.4. The Morgan fingerprint density at radius 2 is 2.11 bits per heavy atom. The summed E-state index contributed by atoms with van der Waals surface area (Å²) in [4.78, 5) is 27.6. The smallest absolute Gasteiger partial charge is 0.317 e. The highest BCUT2D eigenvalue weighted by Gasteiger charge is 2.39. The molecule has 3 aliphatic heterocycles. The molecule has 0 aliphatic carbocycles.